The number of carbonyl (C=O) groups is 1. The van der Waals surface area contributed by atoms with Crippen molar-refractivity contribution in [3.8, 4) is 5.75 Å². The van der Waals surface area contributed by atoms with Gasteiger partial charge in [0, 0.05) is 5.92 Å². The largest absolute Gasteiger partial charge is 0.491 e. The zero-order valence-electron chi connectivity index (χ0n) is 13.0. The van der Waals surface area contributed by atoms with Crippen LogP contribution in [0.15, 0.2) is 24.3 Å². The van der Waals surface area contributed by atoms with Crippen molar-refractivity contribution in [2.45, 2.75) is 33.1 Å². The maximum absolute atomic E-state index is 12.5. The molecule has 1 fully saturated rings. The van der Waals surface area contributed by atoms with E-state index in [-0.39, 0.29) is 11.8 Å². The van der Waals surface area contributed by atoms with E-state index < -0.39 is 0 Å². The van der Waals surface area contributed by atoms with E-state index in [9.17, 15) is 4.79 Å². The second-order valence-electron chi connectivity index (χ2n) is 6.22. The van der Waals surface area contributed by atoms with E-state index in [1.165, 1.54) is 0 Å². The summed E-state index contributed by atoms with van der Waals surface area (Å²) in [5, 5.41) is 3.02. The van der Waals surface area contributed by atoms with Gasteiger partial charge in [-0.2, -0.15) is 0 Å². The molecule has 116 valence electrons. The van der Waals surface area contributed by atoms with Crippen LogP contribution in [0, 0.1) is 17.8 Å². The van der Waals surface area contributed by atoms with Crippen LogP contribution in [0.1, 0.15) is 33.1 Å². The van der Waals surface area contributed by atoms with Gasteiger partial charge in [0.25, 0.3) is 0 Å². The van der Waals surface area contributed by atoms with Crippen molar-refractivity contribution in [2.24, 2.45) is 23.5 Å². The molecule has 1 aliphatic rings. The Morgan fingerprint density at radius 2 is 2.14 bits per heavy atom. The molecule has 0 spiro atoms. The van der Waals surface area contributed by atoms with E-state index in [1.54, 1.807) is 0 Å². The molecule has 1 aliphatic carbocycles. The molecule has 1 aromatic carbocycles. The van der Waals surface area contributed by atoms with E-state index in [1.807, 2.05) is 24.3 Å². The third-order valence-electron chi connectivity index (χ3n) is 4.02. The number of nitrogens with one attached hydrogen (secondary N) is 1. The summed E-state index contributed by atoms with van der Waals surface area (Å²) in [6.45, 7) is 5.43. The maximum atomic E-state index is 12.5. The first-order valence-corrected chi connectivity index (χ1v) is 7.84. The number of anilines is 1. The molecule has 21 heavy (non-hydrogen) atoms. The molecule has 2 rings (SSSR count). The summed E-state index contributed by atoms with van der Waals surface area (Å²) < 4.78 is 5.78. The first-order chi connectivity index (χ1) is 10.1. The van der Waals surface area contributed by atoms with Gasteiger partial charge in [-0.05, 0) is 43.4 Å². The maximum Gasteiger partial charge on any atom is 0.227 e. The number of para-hydroxylation sites is 2. The van der Waals surface area contributed by atoms with Gasteiger partial charge >= 0.3 is 0 Å². The molecule has 0 bridgehead atoms. The molecule has 0 heterocycles. The van der Waals surface area contributed by atoms with Gasteiger partial charge in [0.15, 0.2) is 0 Å². The lowest BCUT2D eigenvalue weighted by molar-refractivity contribution is -0.120. The Labute approximate surface area is 127 Å². The number of hydrogen-bond acceptors (Lipinski definition) is 3. The van der Waals surface area contributed by atoms with Gasteiger partial charge in [-0.1, -0.05) is 32.4 Å². The molecule has 1 amide bonds. The van der Waals surface area contributed by atoms with Crippen LogP contribution in [0.5, 0.6) is 5.75 Å². The molecular weight excluding hydrogens is 264 g/mol. The highest BCUT2D eigenvalue weighted by atomic mass is 16.5. The number of carbonyl (C=O) groups excluding carboxylic acids is 1. The van der Waals surface area contributed by atoms with E-state index >= 15 is 0 Å². The second kappa shape index (κ2) is 7.46. The van der Waals surface area contributed by atoms with Gasteiger partial charge in [-0.3, -0.25) is 4.79 Å². The molecule has 2 atom stereocenters. The molecular formula is C17H26N2O2. The standard InChI is InChI=1S/C17H26N2O2/c1-12(2)11-21-16-9-4-3-8-15(16)19-17(20)14-7-5-6-13(14)10-18/h3-4,8-9,12-14H,5-7,10-11,18H2,1-2H3,(H,19,20)/t13-,14-/m1/s1. The zero-order chi connectivity index (χ0) is 15.2. The summed E-state index contributed by atoms with van der Waals surface area (Å²) in [4.78, 5) is 12.5. The van der Waals surface area contributed by atoms with Crippen molar-refractivity contribution in [3.63, 3.8) is 0 Å². The van der Waals surface area contributed by atoms with Gasteiger partial charge in [0.1, 0.15) is 5.75 Å². The number of benzene rings is 1. The zero-order valence-corrected chi connectivity index (χ0v) is 13.0. The fourth-order valence-electron chi connectivity index (χ4n) is 2.84. The van der Waals surface area contributed by atoms with Crippen molar-refractivity contribution in [1.29, 1.82) is 0 Å². The Morgan fingerprint density at radius 3 is 2.86 bits per heavy atom. The van der Waals surface area contributed by atoms with E-state index in [0.717, 1.165) is 30.7 Å². The Balaban J connectivity index is 2.03. The number of ether oxygens (including phenoxy) is 1. The topological polar surface area (TPSA) is 64.3 Å². The third kappa shape index (κ3) is 4.21. The minimum atomic E-state index is 0.0353. The summed E-state index contributed by atoms with van der Waals surface area (Å²) in [6, 6.07) is 7.61. The smallest absolute Gasteiger partial charge is 0.227 e. The summed E-state index contributed by atoms with van der Waals surface area (Å²) in [7, 11) is 0. The van der Waals surface area contributed by atoms with E-state index in [2.05, 4.69) is 19.2 Å². The van der Waals surface area contributed by atoms with Crippen LogP contribution in [0.2, 0.25) is 0 Å². The molecule has 4 heteroatoms. The molecule has 0 unspecified atom stereocenters. The van der Waals surface area contributed by atoms with Crippen molar-refractivity contribution in [2.75, 3.05) is 18.5 Å². The van der Waals surface area contributed by atoms with Crippen LogP contribution in [-0.2, 0) is 4.79 Å². The lowest BCUT2D eigenvalue weighted by Gasteiger charge is -2.19. The number of rotatable bonds is 6. The average Bonchev–Trinajstić information content (AvgIpc) is 2.94. The summed E-state index contributed by atoms with van der Waals surface area (Å²) in [5.41, 5.74) is 6.52. The van der Waals surface area contributed by atoms with Gasteiger partial charge in [0.2, 0.25) is 5.91 Å². The Morgan fingerprint density at radius 1 is 1.38 bits per heavy atom. The van der Waals surface area contributed by atoms with Crippen LogP contribution in [0.3, 0.4) is 0 Å². The predicted octanol–water partition coefficient (Wildman–Crippen LogP) is 3.03. The molecule has 1 saturated carbocycles. The summed E-state index contributed by atoms with van der Waals surface area (Å²) >= 11 is 0. The molecule has 4 nitrogen and oxygen atoms in total. The molecule has 0 aromatic heterocycles. The SMILES string of the molecule is CC(C)COc1ccccc1NC(=O)[C@@H]1CCC[C@@H]1CN. The van der Waals surface area contributed by atoms with Crippen molar-refractivity contribution < 1.29 is 9.53 Å². The molecule has 0 saturated heterocycles. The minimum absolute atomic E-state index is 0.0353. The summed E-state index contributed by atoms with van der Waals surface area (Å²) in [6.07, 6.45) is 3.08. The Kier molecular flexibility index (Phi) is 5.62. The van der Waals surface area contributed by atoms with E-state index in [0.29, 0.717) is 25.0 Å². The highest BCUT2D eigenvalue weighted by Crippen LogP contribution is 2.33. The quantitative estimate of drug-likeness (QED) is 0.846. The highest BCUT2D eigenvalue weighted by molar-refractivity contribution is 5.94. The normalized spacial score (nSPS) is 21.5. The minimum Gasteiger partial charge on any atom is -0.491 e. The Bertz CT molecular complexity index is 474. The van der Waals surface area contributed by atoms with Crippen molar-refractivity contribution in [1.82, 2.24) is 0 Å². The number of amides is 1. The lowest BCUT2D eigenvalue weighted by Crippen LogP contribution is -2.29. The second-order valence-corrected chi connectivity index (χ2v) is 6.22. The molecule has 3 N–H and O–H groups in total. The van der Waals surface area contributed by atoms with Crippen molar-refractivity contribution >= 4 is 11.6 Å². The molecule has 0 aliphatic heterocycles. The lowest BCUT2D eigenvalue weighted by atomic mass is 9.95. The predicted molar refractivity (Wildman–Crippen MR) is 85.3 cm³/mol. The van der Waals surface area contributed by atoms with Crippen molar-refractivity contribution in [3.05, 3.63) is 24.3 Å². The fraction of sp³-hybridized carbons (Fsp3) is 0.588. The van der Waals surface area contributed by atoms with Crippen LogP contribution in [0.4, 0.5) is 5.69 Å². The van der Waals surface area contributed by atoms with Crippen LogP contribution in [-0.4, -0.2) is 19.1 Å². The first-order valence-electron chi connectivity index (χ1n) is 7.84. The monoisotopic (exact) mass is 290 g/mol. The van der Waals surface area contributed by atoms with Crippen LogP contribution >= 0.6 is 0 Å². The fourth-order valence-corrected chi connectivity index (χ4v) is 2.84. The Hall–Kier alpha value is -1.55. The van der Waals surface area contributed by atoms with Gasteiger partial charge < -0.3 is 15.8 Å². The number of nitrogens with two attached hydrogens (primary N) is 1. The van der Waals surface area contributed by atoms with Gasteiger partial charge in [0.05, 0.1) is 12.3 Å². The highest BCUT2D eigenvalue weighted by Gasteiger charge is 2.32. The molecule has 1 aromatic rings. The van der Waals surface area contributed by atoms with Gasteiger partial charge in [-0.15, -0.1) is 0 Å². The third-order valence-corrected chi connectivity index (χ3v) is 4.02. The van der Waals surface area contributed by atoms with Gasteiger partial charge in [-0.25, -0.2) is 0 Å². The molecule has 0 radical (unpaired) electrons. The van der Waals surface area contributed by atoms with Crippen LogP contribution < -0.4 is 15.8 Å². The van der Waals surface area contributed by atoms with E-state index in [4.69, 9.17) is 10.5 Å². The summed E-state index contributed by atoms with van der Waals surface area (Å²) in [5.74, 6) is 1.61. The number of hydrogen-bond donors (Lipinski definition) is 2. The average molecular weight is 290 g/mol. The first kappa shape index (κ1) is 15.8. The van der Waals surface area contributed by atoms with Crippen LogP contribution in [0.25, 0.3) is 0 Å².